The van der Waals surface area contributed by atoms with Gasteiger partial charge in [0.1, 0.15) is 11.5 Å². The first-order chi connectivity index (χ1) is 15.1. The minimum Gasteiger partial charge on any atom is -0.461 e. The highest BCUT2D eigenvalue weighted by Crippen LogP contribution is 2.26. The van der Waals surface area contributed by atoms with Gasteiger partial charge in [-0.2, -0.15) is 0 Å². The fraction of sp³-hybridized carbons (Fsp3) is 0.120. The summed E-state index contributed by atoms with van der Waals surface area (Å²) >= 11 is 0. The molecule has 0 fully saturated rings. The molecule has 0 saturated carbocycles. The normalized spacial score (nSPS) is 11.3. The molecule has 154 valence electrons. The van der Waals surface area contributed by atoms with Crippen LogP contribution in [0, 0.1) is 5.82 Å². The van der Waals surface area contributed by atoms with Crippen molar-refractivity contribution in [2.75, 3.05) is 6.61 Å². The van der Waals surface area contributed by atoms with E-state index < -0.39 is 0 Å². The van der Waals surface area contributed by atoms with Crippen molar-refractivity contribution < 1.29 is 13.9 Å². The molecule has 6 heteroatoms. The fourth-order valence-electron chi connectivity index (χ4n) is 3.87. The quantitative estimate of drug-likeness (QED) is 0.365. The highest BCUT2D eigenvalue weighted by molar-refractivity contribution is 5.95. The average Bonchev–Trinajstić information content (AvgIpc) is 3.35. The molecule has 0 saturated heterocycles. The monoisotopic (exact) mass is 413 g/mol. The van der Waals surface area contributed by atoms with Gasteiger partial charge in [0, 0.05) is 17.3 Å². The lowest BCUT2D eigenvalue weighted by Gasteiger charge is -2.10. The third-order valence-electron chi connectivity index (χ3n) is 5.32. The van der Waals surface area contributed by atoms with Crippen LogP contribution >= 0.6 is 0 Å². The van der Waals surface area contributed by atoms with Crippen LogP contribution in [0.4, 0.5) is 4.39 Å². The van der Waals surface area contributed by atoms with E-state index in [0.717, 1.165) is 33.3 Å². The van der Waals surface area contributed by atoms with Crippen molar-refractivity contribution in [2.24, 2.45) is 0 Å². The molecule has 0 spiro atoms. The molecule has 5 nitrogen and oxygen atoms in total. The summed E-state index contributed by atoms with van der Waals surface area (Å²) in [5.74, 6) is -0.676. The SMILES string of the molecule is CCOC(=O)c1cc2c(ccn2-c2ccc(F)cc2)n1Cc1ccc2ccccc2n1. The maximum Gasteiger partial charge on any atom is 0.355 e. The minimum atomic E-state index is -0.384. The smallest absolute Gasteiger partial charge is 0.355 e. The predicted molar refractivity (Wildman–Crippen MR) is 118 cm³/mol. The van der Waals surface area contributed by atoms with Gasteiger partial charge in [0.2, 0.25) is 0 Å². The van der Waals surface area contributed by atoms with Gasteiger partial charge >= 0.3 is 5.97 Å². The van der Waals surface area contributed by atoms with Crippen molar-refractivity contribution in [2.45, 2.75) is 13.5 Å². The summed E-state index contributed by atoms with van der Waals surface area (Å²) in [7, 11) is 0. The van der Waals surface area contributed by atoms with Crippen LogP contribution in [0.1, 0.15) is 23.1 Å². The number of hydrogen-bond acceptors (Lipinski definition) is 3. The van der Waals surface area contributed by atoms with Crippen LogP contribution in [0.15, 0.2) is 79.0 Å². The Balaban J connectivity index is 1.63. The predicted octanol–water partition coefficient (Wildman–Crippen LogP) is 5.34. The number of hydrogen-bond donors (Lipinski definition) is 0. The zero-order valence-corrected chi connectivity index (χ0v) is 17.0. The van der Waals surface area contributed by atoms with Crippen molar-refractivity contribution in [3.05, 3.63) is 96.2 Å². The molecule has 0 aliphatic carbocycles. The topological polar surface area (TPSA) is 49.0 Å². The third-order valence-corrected chi connectivity index (χ3v) is 5.32. The van der Waals surface area contributed by atoms with E-state index in [-0.39, 0.29) is 11.8 Å². The standard InChI is InChI=1S/C25H20FN3O2/c1-2-31-25(30)24-15-23-22(13-14-28(23)20-11-8-18(26)9-12-20)29(24)16-19-10-7-17-5-3-4-6-21(17)27-19/h3-15H,2,16H2,1H3. The van der Waals surface area contributed by atoms with Crippen molar-refractivity contribution in [3.8, 4) is 5.69 Å². The van der Waals surface area contributed by atoms with E-state index >= 15 is 0 Å². The van der Waals surface area contributed by atoms with E-state index in [1.807, 2.05) is 63.9 Å². The summed E-state index contributed by atoms with van der Waals surface area (Å²) in [4.78, 5) is 17.5. The van der Waals surface area contributed by atoms with Gasteiger partial charge < -0.3 is 13.9 Å². The first-order valence-corrected chi connectivity index (χ1v) is 10.1. The number of rotatable bonds is 5. The van der Waals surface area contributed by atoms with Crippen LogP contribution in [0.3, 0.4) is 0 Å². The maximum absolute atomic E-state index is 13.4. The number of nitrogens with zero attached hydrogens (tertiary/aromatic N) is 3. The van der Waals surface area contributed by atoms with Crippen molar-refractivity contribution in [1.29, 1.82) is 0 Å². The molecule has 0 atom stereocenters. The second-order valence-electron chi connectivity index (χ2n) is 7.26. The lowest BCUT2D eigenvalue weighted by molar-refractivity contribution is 0.0515. The lowest BCUT2D eigenvalue weighted by Crippen LogP contribution is -2.13. The first-order valence-electron chi connectivity index (χ1n) is 10.1. The Morgan fingerprint density at radius 3 is 2.61 bits per heavy atom. The molecular weight excluding hydrogens is 393 g/mol. The van der Waals surface area contributed by atoms with Crippen molar-refractivity contribution >= 4 is 27.9 Å². The summed E-state index contributed by atoms with van der Waals surface area (Å²) < 4.78 is 22.5. The molecular formula is C25H20FN3O2. The number of ether oxygens (including phenoxy) is 1. The largest absolute Gasteiger partial charge is 0.461 e. The van der Waals surface area contributed by atoms with E-state index in [0.29, 0.717) is 18.8 Å². The number of fused-ring (bicyclic) bond motifs is 2. The van der Waals surface area contributed by atoms with Crippen LogP contribution in [-0.4, -0.2) is 26.7 Å². The summed E-state index contributed by atoms with van der Waals surface area (Å²) in [6, 6.07) is 22.0. The Hall–Kier alpha value is -3.93. The number of aromatic nitrogens is 3. The summed E-state index contributed by atoms with van der Waals surface area (Å²) in [5, 5.41) is 1.07. The number of carbonyl (C=O) groups excluding carboxylic acids is 1. The molecule has 0 bridgehead atoms. The first kappa shape index (κ1) is 19.1. The van der Waals surface area contributed by atoms with Gasteiger partial charge in [-0.05, 0) is 55.5 Å². The molecule has 0 aliphatic heterocycles. The number of para-hydroxylation sites is 1. The molecule has 0 N–H and O–H groups in total. The van der Waals surface area contributed by atoms with Gasteiger partial charge in [0.25, 0.3) is 0 Å². The molecule has 3 heterocycles. The number of pyridine rings is 1. The molecule has 0 amide bonds. The summed E-state index contributed by atoms with van der Waals surface area (Å²) in [6.45, 7) is 2.50. The average molecular weight is 413 g/mol. The number of benzene rings is 2. The van der Waals surface area contributed by atoms with Crippen LogP contribution in [0.2, 0.25) is 0 Å². The summed E-state index contributed by atoms with van der Waals surface area (Å²) in [6.07, 6.45) is 1.91. The zero-order chi connectivity index (χ0) is 21.4. The second kappa shape index (κ2) is 7.72. The minimum absolute atomic E-state index is 0.292. The molecule has 5 aromatic rings. The number of esters is 1. The Morgan fingerprint density at radius 2 is 1.81 bits per heavy atom. The zero-order valence-electron chi connectivity index (χ0n) is 17.0. The maximum atomic E-state index is 13.4. The van der Waals surface area contributed by atoms with Gasteiger partial charge in [-0.25, -0.2) is 9.18 Å². The fourth-order valence-corrected chi connectivity index (χ4v) is 3.87. The van der Waals surface area contributed by atoms with Crippen LogP contribution in [-0.2, 0) is 11.3 Å². The van der Waals surface area contributed by atoms with Crippen LogP contribution in [0.5, 0.6) is 0 Å². The Morgan fingerprint density at radius 1 is 1.00 bits per heavy atom. The molecule has 0 radical (unpaired) electrons. The number of halogens is 1. The second-order valence-corrected chi connectivity index (χ2v) is 7.26. The van der Waals surface area contributed by atoms with E-state index in [4.69, 9.17) is 9.72 Å². The molecule has 3 aromatic heterocycles. The molecule has 5 rings (SSSR count). The van der Waals surface area contributed by atoms with E-state index in [2.05, 4.69) is 0 Å². The highest BCUT2D eigenvalue weighted by Gasteiger charge is 2.20. The van der Waals surface area contributed by atoms with Gasteiger partial charge in [-0.3, -0.25) is 4.98 Å². The van der Waals surface area contributed by atoms with E-state index in [1.165, 1.54) is 12.1 Å². The lowest BCUT2D eigenvalue weighted by atomic mass is 10.2. The Kier molecular flexibility index (Phi) is 4.75. The van der Waals surface area contributed by atoms with Crippen LogP contribution < -0.4 is 0 Å². The molecule has 2 aromatic carbocycles. The Bertz CT molecular complexity index is 1400. The van der Waals surface area contributed by atoms with Crippen molar-refractivity contribution in [3.63, 3.8) is 0 Å². The van der Waals surface area contributed by atoms with Crippen LogP contribution in [0.25, 0.3) is 27.6 Å². The summed E-state index contributed by atoms with van der Waals surface area (Å²) in [5.41, 5.74) is 4.74. The van der Waals surface area contributed by atoms with Crippen molar-refractivity contribution in [1.82, 2.24) is 14.1 Å². The number of carbonyl (C=O) groups is 1. The van der Waals surface area contributed by atoms with E-state index in [9.17, 15) is 9.18 Å². The van der Waals surface area contributed by atoms with Gasteiger partial charge in [-0.1, -0.05) is 24.3 Å². The highest BCUT2D eigenvalue weighted by atomic mass is 19.1. The third kappa shape index (κ3) is 3.46. The van der Waals surface area contributed by atoms with Gasteiger partial charge in [0.05, 0.1) is 35.4 Å². The Labute approximate surface area is 178 Å². The van der Waals surface area contributed by atoms with Gasteiger partial charge in [-0.15, -0.1) is 0 Å². The van der Waals surface area contributed by atoms with Gasteiger partial charge in [0.15, 0.2) is 0 Å². The van der Waals surface area contributed by atoms with E-state index in [1.54, 1.807) is 19.1 Å². The molecule has 31 heavy (non-hydrogen) atoms. The molecule has 0 unspecified atom stereocenters. The molecule has 0 aliphatic rings.